The van der Waals surface area contributed by atoms with Crippen LogP contribution in [-0.4, -0.2) is 50.7 Å². The predicted molar refractivity (Wildman–Crippen MR) is 51.6 cm³/mol. The van der Waals surface area contributed by atoms with Gasteiger partial charge < -0.3 is 10.2 Å². The van der Waals surface area contributed by atoms with Crippen molar-refractivity contribution in [2.45, 2.75) is 19.3 Å². The lowest BCUT2D eigenvalue weighted by Gasteiger charge is -2.23. The van der Waals surface area contributed by atoms with Crippen molar-refractivity contribution >= 4 is 0 Å². The van der Waals surface area contributed by atoms with Crippen LogP contribution in [0, 0.1) is 0 Å². The van der Waals surface area contributed by atoms with Gasteiger partial charge in [0.15, 0.2) is 0 Å². The molecule has 2 nitrogen and oxygen atoms in total. The van der Waals surface area contributed by atoms with Crippen molar-refractivity contribution in [1.82, 2.24) is 10.2 Å². The zero-order valence-electron chi connectivity index (χ0n) is 8.82. The average Bonchev–Trinajstić information content (AvgIpc) is 2.11. The van der Waals surface area contributed by atoms with Crippen molar-refractivity contribution < 1.29 is 13.2 Å². The van der Waals surface area contributed by atoms with E-state index in [-0.39, 0.29) is 13.1 Å². The third-order valence-corrected chi connectivity index (χ3v) is 1.81. The Hall–Kier alpha value is -0.290. The second kappa shape index (κ2) is 7.06. The van der Waals surface area contributed by atoms with Gasteiger partial charge in [0, 0.05) is 6.54 Å². The van der Waals surface area contributed by atoms with Crippen LogP contribution in [0.1, 0.15) is 13.3 Å². The van der Waals surface area contributed by atoms with Crippen molar-refractivity contribution in [2.75, 3.05) is 39.9 Å². The fraction of sp³-hybridized carbons (Fsp3) is 1.00. The minimum Gasteiger partial charge on any atom is -0.311 e. The van der Waals surface area contributed by atoms with E-state index in [0.717, 1.165) is 0 Å². The molecule has 14 heavy (non-hydrogen) atoms. The quantitative estimate of drug-likeness (QED) is 0.656. The van der Waals surface area contributed by atoms with Gasteiger partial charge in [-0.05, 0) is 20.0 Å². The lowest BCUT2D eigenvalue weighted by atomic mass is 10.3. The summed E-state index contributed by atoms with van der Waals surface area (Å²) in [6, 6.07) is 0. The number of hydrogen-bond donors (Lipinski definition) is 1. The Morgan fingerprint density at radius 3 is 2.50 bits per heavy atom. The molecule has 0 aromatic carbocycles. The van der Waals surface area contributed by atoms with Gasteiger partial charge in [0.05, 0.1) is 19.8 Å². The first-order valence-corrected chi connectivity index (χ1v) is 4.85. The average molecular weight is 212 g/mol. The molecule has 0 fully saturated rings. The van der Waals surface area contributed by atoms with Crippen LogP contribution >= 0.6 is 0 Å². The zero-order valence-corrected chi connectivity index (χ0v) is 8.82. The van der Waals surface area contributed by atoms with Gasteiger partial charge in [-0.3, -0.25) is 4.39 Å². The van der Waals surface area contributed by atoms with Crippen molar-refractivity contribution in [3.8, 4) is 0 Å². The van der Waals surface area contributed by atoms with Crippen LogP contribution in [0.2, 0.25) is 0 Å². The maximum Gasteiger partial charge on any atom is 0.272 e. The van der Waals surface area contributed by atoms with E-state index in [0.29, 0.717) is 19.5 Å². The van der Waals surface area contributed by atoms with Gasteiger partial charge in [0.2, 0.25) is 0 Å². The van der Waals surface area contributed by atoms with Crippen LogP contribution in [0.25, 0.3) is 0 Å². The molecule has 0 aliphatic carbocycles. The fourth-order valence-electron chi connectivity index (χ4n) is 1.17. The Bertz CT molecular complexity index is 142. The topological polar surface area (TPSA) is 15.3 Å². The predicted octanol–water partition coefficient (Wildman–Crippen LogP) is 1.52. The molecular weight excluding hydrogens is 193 g/mol. The smallest absolute Gasteiger partial charge is 0.272 e. The molecule has 86 valence electrons. The van der Waals surface area contributed by atoms with Crippen LogP contribution in [0.5, 0.6) is 0 Å². The van der Waals surface area contributed by atoms with Crippen molar-refractivity contribution in [3.63, 3.8) is 0 Å². The molecule has 0 aromatic heterocycles. The Kier molecular flexibility index (Phi) is 6.92. The second-order valence-corrected chi connectivity index (χ2v) is 3.42. The van der Waals surface area contributed by atoms with Gasteiger partial charge >= 0.3 is 0 Å². The summed E-state index contributed by atoms with van der Waals surface area (Å²) < 4.78 is 37.9. The lowest BCUT2D eigenvalue weighted by Crippen LogP contribution is -2.42. The number of hydrogen-bond acceptors (Lipinski definition) is 2. The van der Waals surface area contributed by atoms with Gasteiger partial charge in [-0.25, -0.2) is 8.78 Å². The molecule has 0 unspecified atom stereocenters. The number of rotatable bonds is 8. The first-order valence-electron chi connectivity index (χ1n) is 4.85. The molecule has 0 rings (SSSR count). The summed E-state index contributed by atoms with van der Waals surface area (Å²) in [5, 5.41) is 2.60. The summed E-state index contributed by atoms with van der Waals surface area (Å²) in [7, 11) is 1.58. The molecule has 0 aliphatic heterocycles. The maximum absolute atomic E-state index is 13.1. The highest BCUT2D eigenvalue weighted by Crippen LogP contribution is 2.13. The minimum absolute atomic E-state index is 0.313. The van der Waals surface area contributed by atoms with E-state index in [1.165, 1.54) is 4.90 Å². The van der Waals surface area contributed by atoms with E-state index in [9.17, 15) is 13.2 Å². The van der Waals surface area contributed by atoms with Gasteiger partial charge in [-0.15, -0.1) is 0 Å². The molecular formula is C9H19F3N2. The largest absolute Gasteiger partial charge is 0.311 e. The molecule has 0 heterocycles. The minimum atomic E-state index is -2.74. The second-order valence-electron chi connectivity index (χ2n) is 3.42. The molecule has 1 N–H and O–H groups in total. The Balaban J connectivity index is 3.70. The van der Waals surface area contributed by atoms with E-state index in [4.69, 9.17) is 0 Å². The van der Waals surface area contributed by atoms with Crippen LogP contribution < -0.4 is 5.32 Å². The Labute approximate surface area is 83.5 Å². The van der Waals surface area contributed by atoms with Crippen LogP contribution in [0.15, 0.2) is 0 Å². The molecule has 0 aromatic rings. The van der Waals surface area contributed by atoms with Crippen LogP contribution in [-0.2, 0) is 0 Å². The van der Waals surface area contributed by atoms with Gasteiger partial charge in [-0.2, -0.15) is 0 Å². The number of nitrogens with zero attached hydrogens (tertiary/aromatic N) is 1. The first-order chi connectivity index (χ1) is 6.52. The molecule has 0 saturated carbocycles. The lowest BCUT2D eigenvalue weighted by molar-refractivity contribution is -0.0247. The molecule has 0 saturated heterocycles. The summed E-state index contributed by atoms with van der Waals surface area (Å²) in [6.45, 7) is 1.59. The standard InChI is InChI=1S/C9H19F3N2/c1-3-13-7-9(11,12)8-14(2)6-4-5-10/h13H,3-8H2,1-2H3. The van der Waals surface area contributed by atoms with E-state index in [1.54, 1.807) is 14.0 Å². The van der Waals surface area contributed by atoms with Gasteiger partial charge in [0.1, 0.15) is 0 Å². The maximum atomic E-state index is 13.1. The van der Waals surface area contributed by atoms with Gasteiger partial charge in [-0.1, -0.05) is 6.92 Å². The van der Waals surface area contributed by atoms with E-state index in [2.05, 4.69) is 5.32 Å². The van der Waals surface area contributed by atoms with Crippen molar-refractivity contribution in [1.29, 1.82) is 0 Å². The summed E-state index contributed by atoms with van der Waals surface area (Å²) in [5.41, 5.74) is 0. The molecule has 5 heteroatoms. The molecule has 0 radical (unpaired) electrons. The van der Waals surface area contributed by atoms with Crippen molar-refractivity contribution in [2.24, 2.45) is 0 Å². The van der Waals surface area contributed by atoms with E-state index >= 15 is 0 Å². The highest BCUT2D eigenvalue weighted by molar-refractivity contribution is 4.73. The zero-order chi connectivity index (χ0) is 11.0. The third-order valence-electron chi connectivity index (χ3n) is 1.81. The molecule has 0 aliphatic rings. The summed E-state index contributed by atoms with van der Waals surface area (Å²) >= 11 is 0. The monoisotopic (exact) mass is 212 g/mol. The first kappa shape index (κ1) is 13.7. The number of halogens is 3. The molecule has 0 amide bonds. The normalized spacial score (nSPS) is 12.4. The van der Waals surface area contributed by atoms with E-state index < -0.39 is 12.6 Å². The van der Waals surface area contributed by atoms with Crippen LogP contribution in [0.3, 0.4) is 0 Å². The highest BCUT2D eigenvalue weighted by atomic mass is 19.3. The molecule has 0 atom stereocenters. The SMILES string of the molecule is CCNCC(F)(F)CN(C)CCCF. The molecule has 0 bridgehead atoms. The summed E-state index contributed by atoms with van der Waals surface area (Å²) in [6.07, 6.45) is 0.313. The number of nitrogens with one attached hydrogen (secondary N) is 1. The Morgan fingerprint density at radius 2 is 2.00 bits per heavy atom. The summed E-state index contributed by atoms with van der Waals surface area (Å²) in [4.78, 5) is 1.46. The third kappa shape index (κ3) is 7.15. The molecule has 0 spiro atoms. The van der Waals surface area contributed by atoms with E-state index in [1.807, 2.05) is 0 Å². The summed E-state index contributed by atoms with van der Waals surface area (Å²) in [5.74, 6) is -2.74. The van der Waals surface area contributed by atoms with Gasteiger partial charge in [0.25, 0.3) is 5.92 Å². The van der Waals surface area contributed by atoms with Crippen LogP contribution in [0.4, 0.5) is 13.2 Å². The van der Waals surface area contributed by atoms with Crippen molar-refractivity contribution in [3.05, 3.63) is 0 Å². The Morgan fingerprint density at radius 1 is 1.36 bits per heavy atom. The number of alkyl halides is 3. The fourth-order valence-corrected chi connectivity index (χ4v) is 1.17. The highest BCUT2D eigenvalue weighted by Gasteiger charge is 2.29.